The minimum absolute atomic E-state index is 0.263. The SMILES string of the molecule is CCCNC(C)c1ccc(OCC(F)F)cc1. The lowest BCUT2D eigenvalue weighted by molar-refractivity contribution is 0.0819. The first-order valence-electron chi connectivity index (χ1n) is 5.87. The summed E-state index contributed by atoms with van der Waals surface area (Å²) in [5.74, 6) is 0.483. The Morgan fingerprint density at radius 2 is 1.88 bits per heavy atom. The van der Waals surface area contributed by atoms with E-state index in [0.29, 0.717) is 5.75 Å². The molecule has 0 heterocycles. The predicted octanol–water partition coefficient (Wildman–Crippen LogP) is 3.39. The van der Waals surface area contributed by atoms with Crippen molar-refractivity contribution in [3.63, 3.8) is 0 Å². The van der Waals surface area contributed by atoms with Crippen LogP contribution < -0.4 is 10.1 Å². The van der Waals surface area contributed by atoms with Crippen LogP contribution in [0.5, 0.6) is 5.75 Å². The Bertz CT molecular complexity index is 314. The monoisotopic (exact) mass is 243 g/mol. The van der Waals surface area contributed by atoms with Gasteiger partial charge in [0.1, 0.15) is 12.4 Å². The van der Waals surface area contributed by atoms with E-state index in [-0.39, 0.29) is 6.04 Å². The topological polar surface area (TPSA) is 21.3 Å². The third kappa shape index (κ3) is 5.13. The van der Waals surface area contributed by atoms with Gasteiger partial charge in [-0.1, -0.05) is 19.1 Å². The van der Waals surface area contributed by atoms with Crippen LogP contribution in [-0.2, 0) is 0 Å². The van der Waals surface area contributed by atoms with Crippen molar-refractivity contribution in [2.45, 2.75) is 32.7 Å². The fourth-order valence-electron chi connectivity index (χ4n) is 1.49. The molecule has 0 saturated heterocycles. The molecule has 2 nitrogen and oxygen atoms in total. The van der Waals surface area contributed by atoms with Gasteiger partial charge in [0.25, 0.3) is 6.43 Å². The van der Waals surface area contributed by atoms with Gasteiger partial charge in [-0.25, -0.2) is 8.78 Å². The highest BCUT2D eigenvalue weighted by atomic mass is 19.3. The van der Waals surface area contributed by atoms with Crippen LogP contribution in [0, 0.1) is 0 Å². The molecule has 0 aliphatic rings. The zero-order chi connectivity index (χ0) is 12.7. The van der Waals surface area contributed by atoms with E-state index < -0.39 is 13.0 Å². The Balaban J connectivity index is 2.49. The first-order chi connectivity index (χ1) is 8.13. The van der Waals surface area contributed by atoms with Crippen molar-refractivity contribution in [1.29, 1.82) is 0 Å². The van der Waals surface area contributed by atoms with Gasteiger partial charge in [-0.05, 0) is 37.6 Å². The van der Waals surface area contributed by atoms with Crippen LogP contribution in [0.1, 0.15) is 31.9 Å². The smallest absolute Gasteiger partial charge is 0.272 e. The van der Waals surface area contributed by atoms with E-state index in [9.17, 15) is 8.78 Å². The largest absolute Gasteiger partial charge is 0.488 e. The number of ether oxygens (including phenoxy) is 1. The Labute approximate surface area is 101 Å². The molecule has 0 radical (unpaired) electrons. The second kappa shape index (κ2) is 7.22. The minimum atomic E-state index is -2.43. The number of hydrogen-bond acceptors (Lipinski definition) is 2. The standard InChI is InChI=1S/C13H19F2NO/c1-3-8-16-10(2)11-4-6-12(7-5-11)17-9-13(14)15/h4-7,10,13,16H,3,8-9H2,1-2H3. The van der Waals surface area contributed by atoms with Gasteiger partial charge in [0.05, 0.1) is 0 Å². The van der Waals surface area contributed by atoms with Gasteiger partial charge in [-0.15, -0.1) is 0 Å². The van der Waals surface area contributed by atoms with Crippen molar-refractivity contribution in [3.05, 3.63) is 29.8 Å². The van der Waals surface area contributed by atoms with Crippen molar-refractivity contribution >= 4 is 0 Å². The molecule has 1 rings (SSSR count). The Hall–Kier alpha value is -1.16. The van der Waals surface area contributed by atoms with Crippen molar-refractivity contribution in [2.75, 3.05) is 13.2 Å². The lowest BCUT2D eigenvalue weighted by atomic mass is 10.1. The Morgan fingerprint density at radius 3 is 2.41 bits per heavy atom. The fraction of sp³-hybridized carbons (Fsp3) is 0.538. The van der Waals surface area contributed by atoms with Gasteiger partial charge < -0.3 is 10.1 Å². The number of rotatable bonds is 7. The van der Waals surface area contributed by atoms with Gasteiger partial charge >= 0.3 is 0 Å². The molecule has 0 fully saturated rings. The molecule has 0 aliphatic carbocycles. The highest BCUT2D eigenvalue weighted by Crippen LogP contribution is 2.17. The first-order valence-corrected chi connectivity index (χ1v) is 5.87. The molecule has 0 bridgehead atoms. The Morgan fingerprint density at radius 1 is 1.24 bits per heavy atom. The summed E-state index contributed by atoms with van der Waals surface area (Å²) < 4.78 is 28.8. The van der Waals surface area contributed by atoms with E-state index in [0.717, 1.165) is 18.5 Å². The number of hydrogen-bond donors (Lipinski definition) is 1. The lowest BCUT2D eigenvalue weighted by Gasteiger charge is -2.14. The molecule has 0 spiro atoms. The summed E-state index contributed by atoms with van der Waals surface area (Å²) in [5, 5.41) is 3.36. The van der Waals surface area contributed by atoms with Crippen molar-refractivity contribution in [3.8, 4) is 5.75 Å². The number of benzene rings is 1. The van der Waals surface area contributed by atoms with E-state index >= 15 is 0 Å². The van der Waals surface area contributed by atoms with Crippen LogP contribution in [0.4, 0.5) is 8.78 Å². The molecule has 0 saturated carbocycles. The molecule has 0 amide bonds. The molecular formula is C13H19F2NO. The lowest BCUT2D eigenvalue weighted by Crippen LogP contribution is -2.19. The molecule has 17 heavy (non-hydrogen) atoms. The maximum absolute atomic E-state index is 11.9. The van der Waals surface area contributed by atoms with Gasteiger partial charge in [-0.2, -0.15) is 0 Å². The normalized spacial score (nSPS) is 12.8. The van der Waals surface area contributed by atoms with Crippen LogP contribution in [-0.4, -0.2) is 19.6 Å². The van der Waals surface area contributed by atoms with Gasteiger partial charge in [-0.3, -0.25) is 0 Å². The van der Waals surface area contributed by atoms with E-state index in [4.69, 9.17) is 4.74 Å². The van der Waals surface area contributed by atoms with Gasteiger partial charge in [0.2, 0.25) is 0 Å². The van der Waals surface area contributed by atoms with Crippen molar-refractivity contribution in [2.24, 2.45) is 0 Å². The number of halogens is 2. The molecule has 1 aromatic rings. The van der Waals surface area contributed by atoms with E-state index in [1.165, 1.54) is 0 Å². The summed E-state index contributed by atoms with van der Waals surface area (Å²) >= 11 is 0. The average Bonchev–Trinajstić information content (AvgIpc) is 2.34. The molecule has 1 N–H and O–H groups in total. The molecule has 0 aliphatic heterocycles. The van der Waals surface area contributed by atoms with E-state index in [1.54, 1.807) is 12.1 Å². The van der Waals surface area contributed by atoms with Gasteiger partial charge in [0, 0.05) is 6.04 Å². The maximum Gasteiger partial charge on any atom is 0.272 e. The molecule has 1 aromatic carbocycles. The summed E-state index contributed by atoms with van der Waals surface area (Å²) in [5.41, 5.74) is 1.13. The number of alkyl halides is 2. The second-order valence-electron chi connectivity index (χ2n) is 3.95. The van der Waals surface area contributed by atoms with Crippen LogP contribution >= 0.6 is 0 Å². The molecule has 96 valence electrons. The third-order valence-electron chi connectivity index (χ3n) is 2.46. The van der Waals surface area contributed by atoms with Crippen LogP contribution in [0.25, 0.3) is 0 Å². The summed E-state index contributed by atoms with van der Waals surface area (Å²) in [6.45, 7) is 4.60. The molecular weight excluding hydrogens is 224 g/mol. The summed E-state index contributed by atoms with van der Waals surface area (Å²) in [4.78, 5) is 0. The van der Waals surface area contributed by atoms with E-state index in [1.807, 2.05) is 12.1 Å². The van der Waals surface area contributed by atoms with Crippen molar-refractivity contribution < 1.29 is 13.5 Å². The minimum Gasteiger partial charge on any atom is -0.488 e. The van der Waals surface area contributed by atoms with Crippen LogP contribution in [0.2, 0.25) is 0 Å². The fourth-order valence-corrected chi connectivity index (χ4v) is 1.49. The second-order valence-corrected chi connectivity index (χ2v) is 3.95. The first kappa shape index (κ1) is 13.9. The molecule has 0 aromatic heterocycles. The predicted molar refractivity (Wildman–Crippen MR) is 64.6 cm³/mol. The number of nitrogens with one attached hydrogen (secondary N) is 1. The zero-order valence-electron chi connectivity index (χ0n) is 10.2. The molecule has 4 heteroatoms. The van der Waals surface area contributed by atoms with Crippen LogP contribution in [0.15, 0.2) is 24.3 Å². The maximum atomic E-state index is 11.9. The quantitative estimate of drug-likeness (QED) is 0.792. The zero-order valence-corrected chi connectivity index (χ0v) is 10.2. The summed E-state index contributed by atoms with van der Waals surface area (Å²) in [6, 6.07) is 7.51. The van der Waals surface area contributed by atoms with Gasteiger partial charge in [0.15, 0.2) is 0 Å². The third-order valence-corrected chi connectivity index (χ3v) is 2.46. The summed E-state index contributed by atoms with van der Waals surface area (Å²) in [7, 11) is 0. The highest BCUT2D eigenvalue weighted by molar-refractivity contribution is 5.28. The average molecular weight is 243 g/mol. The summed E-state index contributed by atoms with van der Waals surface area (Å²) in [6.07, 6.45) is -1.35. The van der Waals surface area contributed by atoms with Crippen LogP contribution in [0.3, 0.4) is 0 Å². The Kier molecular flexibility index (Phi) is 5.91. The molecule has 1 unspecified atom stereocenters. The van der Waals surface area contributed by atoms with Crippen molar-refractivity contribution in [1.82, 2.24) is 5.32 Å². The molecule has 1 atom stereocenters. The van der Waals surface area contributed by atoms with E-state index in [2.05, 4.69) is 19.2 Å². The highest BCUT2D eigenvalue weighted by Gasteiger charge is 2.06.